The third-order valence-corrected chi connectivity index (χ3v) is 4.99. The van der Waals surface area contributed by atoms with Crippen molar-refractivity contribution in [2.75, 3.05) is 5.32 Å². The van der Waals surface area contributed by atoms with Crippen molar-refractivity contribution < 1.29 is 32.9 Å². The molecule has 3 aromatic carbocycles. The molecule has 4 N–H and O–H groups in total. The van der Waals surface area contributed by atoms with Gasteiger partial charge in [0.2, 0.25) is 0 Å². The number of azo groups is 1. The second-order valence-electron chi connectivity index (χ2n) is 6.29. The molecular formula is C19H14N4O8S. The molecule has 0 aliphatic carbocycles. The zero-order chi connectivity index (χ0) is 23.5. The van der Waals surface area contributed by atoms with Crippen LogP contribution in [0.1, 0.15) is 10.4 Å². The Kier molecular flexibility index (Phi) is 6.13. The summed E-state index contributed by atoms with van der Waals surface area (Å²) in [4.78, 5) is 20.5. The molecule has 13 heteroatoms. The van der Waals surface area contributed by atoms with E-state index in [9.17, 15) is 33.0 Å². The predicted molar refractivity (Wildman–Crippen MR) is 112 cm³/mol. The highest BCUT2D eigenvalue weighted by molar-refractivity contribution is 7.86. The van der Waals surface area contributed by atoms with Crippen molar-refractivity contribution >= 4 is 44.5 Å². The van der Waals surface area contributed by atoms with Crippen molar-refractivity contribution in [2.45, 2.75) is 4.90 Å². The van der Waals surface area contributed by atoms with Crippen LogP contribution in [0, 0.1) is 10.1 Å². The standard InChI is InChI=1S/C19H14N4O8S/c24-17-8-5-13(9-15(17)19(25)26)22-21-12-3-1-11(2-4-12)20-16-7-6-14(23(27)28)10-18(16)32(29,30)31/h1-10,20,24H,(H,25,26)(H,29,30,31). The molecule has 3 aromatic rings. The summed E-state index contributed by atoms with van der Waals surface area (Å²) in [6.45, 7) is 0. The number of carboxylic acids is 1. The molecule has 0 amide bonds. The summed E-state index contributed by atoms with van der Waals surface area (Å²) in [5.41, 5.74) is 0.0708. The van der Waals surface area contributed by atoms with Crippen molar-refractivity contribution in [2.24, 2.45) is 10.2 Å². The first-order chi connectivity index (χ1) is 15.0. The highest BCUT2D eigenvalue weighted by Crippen LogP contribution is 2.30. The van der Waals surface area contributed by atoms with Crippen LogP contribution in [0.15, 0.2) is 75.8 Å². The fraction of sp³-hybridized carbons (Fsp3) is 0. The molecule has 3 rings (SSSR count). The van der Waals surface area contributed by atoms with Crippen LogP contribution in [0.3, 0.4) is 0 Å². The minimum atomic E-state index is -4.73. The maximum absolute atomic E-state index is 11.6. The summed E-state index contributed by atoms with van der Waals surface area (Å²) in [6.07, 6.45) is 0. The van der Waals surface area contributed by atoms with Gasteiger partial charge in [0.1, 0.15) is 16.2 Å². The third kappa shape index (κ3) is 5.21. The van der Waals surface area contributed by atoms with Crippen LogP contribution < -0.4 is 5.32 Å². The van der Waals surface area contributed by atoms with Gasteiger partial charge in [0, 0.05) is 17.8 Å². The number of hydrogen-bond donors (Lipinski definition) is 4. The Bertz CT molecular complexity index is 1340. The molecule has 0 fully saturated rings. The number of nitrogens with one attached hydrogen (secondary N) is 1. The summed E-state index contributed by atoms with van der Waals surface area (Å²) in [7, 11) is -4.73. The number of aromatic carboxylic acids is 1. The number of aromatic hydroxyl groups is 1. The van der Waals surface area contributed by atoms with E-state index in [0.29, 0.717) is 11.4 Å². The summed E-state index contributed by atoms with van der Waals surface area (Å²) >= 11 is 0. The van der Waals surface area contributed by atoms with E-state index in [0.717, 1.165) is 24.3 Å². The smallest absolute Gasteiger partial charge is 0.339 e. The fourth-order valence-electron chi connectivity index (χ4n) is 2.58. The zero-order valence-electron chi connectivity index (χ0n) is 15.9. The quantitative estimate of drug-likeness (QED) is 0.172. The van der Waals surface area contributed by atoms with Gasteiger partial charge in [-0.25, -0.2) is 4.79 Å². The number of anilines is 2. The van der Waals surface area contributed by atoms with Gasteiger partial charge in [-0.3, -0.25) is 14.7 Å². The predicted octanol–water partition coefficient (Wildman–Crippen LogP) is 4.40. The number of nitro benzene ring substituents is 1. The monoisotopic (exact) mass is 458 g/mol. The molecule has 164 valence electrons. The summed E-state index contributed by atoms with van der Waals surface area (Å²) in [5, 5.41) is 40.0. The number of non-ortho nitro benzene ring substituents is 1. The van der Waals surface area contributed by atoms with Crippen molar-refractivity contribution in [1.29, 1.82) is 0 Å². The Morgan fingerprint density at radius 3 is 2.19 bits per heavy atom. The Labute approximate surface area is 180 Å². The van der Waals surface area contributed by atoms with E-state index in [1.54, 1.807) is 0 Å². The van der Waals surface area contributed by atoms with Crippen LogP contribution in [-0.4, -0.2) is 34.1 Å². The molecule has 0 unspecified atom stereocenters. The van der Waals surface area contributed by atoms with E-state index in [4.69, 9.17) is 5.11 Å². The molecular weight excluding hydrogens is 444 g/mol. The van der Waals surface area contributed by atoms with E-state index in [1.807, 2.05) is 0 Å². The van der Waals surface area contributed by atoms with E-state index < -0.39 is 37.3 Å². The molecule has 0 aliphatic rings. The molecule has 0 atom stereocenters. The van der Waals surface area contributed by atoms with E-state index in [1.165, 1.54) is 36.4 Å². The van der Waals surface area contributed by atoms with Gasteiger partial charge in [-0.15, -0.1) is 0 Å². The lowest BCUT2D eigenvalue weighted by Gasteiger charge is -2.10. The average molecular weight is 458 g/mol. The molecule has 0 radical (unpaired) electrons. The summed E-state index contributed by atoms with van der Waals surface area (Å²) < 4.78 is 32.6. The number of nitrogens with zero attached hydrogens (tertiary/aromatic N) is 3. The van der Waals surface area contributed by atoms with Gasteiger partial charge in [-0.1, -0.05) is 0 Å². The van der Waals surface area contributed by atoms with Crippen molar-refractivity contribution in [3.05, 3.63) is 76.3 Å². The van der Waals surface area contributed by atoms with Crippen molar-refractivity contribution in [3.63, 3.8) is 0 Å². The van der Waals surface area contributed by atoms with E-state index in [-0.39, 0.29) is 16.9 Å². The molecule has 32 heavy (non-hydrogen) atoms. The molecule has 0 spiro atoms. The Morgan fingerprint density at radius 2 is 1.59 bits per heavy atom. The number of phenols is 1. The van der Waals surface area contributed by atoms with Crippen LogP contribution >= 0.6 is 0 Å². The van der Waals surface area contributed by atoms with Crippen LogP contribution in [-0.2, 0) is 10.1 Å². The van der Waals surface area contributed by atoms with Crippen LogP contribution in [0.2, 0.25) is 0 Å². The first-order valence-corrected chi connectivity index (χ1v) is 10.1. The normalized spacial score (nSPS) is 11.4. The lowest BCUT2D eigenvalue weighted by molar-refractivity contribution is -0.385. The lowest BCUT2D eigenvalue weighted by atomic mass is 10.2. The van der Waals surface area contributed by atoms with Gasteiger partial charge < -0.3 is 15.5 Å². The molecule has 0 saturated heterocycles. The Balaban J connectivity index is 1.81. The average Bonchev–Trinajstić information content (AvgIpc) is 2.73. The minimum Gasteiger partial charge on any atom is -0.507 e. The zero-order valence-corrected chi connectivity index (χ0v) is 16.7. The first-order valence-electron chi connectivity index (χ1n) is 8.65. The largest absolute Gasteiger partial charge is 0.507 e. The van der Waals surface area contributed by atoms with Crippen molar-refractivity contribution in [1.82, 2.24) is 0 Å². The molecule has 12 nitrogen and oxygen atoms in total. The Morgan fingerprint density at radius 1 is 0.969 bits per heavy atom. The molecule has 0 aliphatic heterocycles. The summed E-state index contributed by atoms with van der Waals surface area (Å²) in [6, 6.07) is 12.8. The third-order valence-electron chi connectivity index (χ3n) is 4.09. The highest BCUT2D eigenvalue weighted by Gasteiger charge is 2.20. The molecule has 0 aromatic heterocycles. The fourth-order valence-corrected chi connectivity index (χ4v) is 3.25. The number of nitro groups is 1. The molecule has 0 saturated carbocycles. The van der Waals surface area contributed by atoms with Crippen LogP contribution in [0.5, 0.6) is 5.75 Å². The molecule has 0 heterocycles. The Hall–Kier alpha value is -4.36. The SMILES string of the molecule is O=C(O)c1cc(N=Nc2ccc(Nc3ccc([N+](=O)[O-])cc3S(=O)(=O)O)cc2)ccc1O. The first kappa shape index (κ1) is 22.3. The van der Waals surface area contributed by atoms with Gasteiger partial charge in [0.25, 0.3) is 15.8 Å². The highest BCUT2D eigenvalue weighted by atomic mass is 32.2. The number of benzene rings is 3. The number of carbonyl (C=O) groups is 1. The second kappa shape index (κ2) is 8.79. The number of rotatable bonds is 7. The van der Waals surface area contributed by atoms with Crippen LogP contribution in [0.25, 0.3) is 0 Å². The lowest BCUT2D eigenvalue weighted by Crippen LogP contribution is -2.04. The topological polar surface area (TPSA) is 192 Å². The minimum absolute atomic E-state index is 0.0715. The maximum atomic E-state index is 11.6. The van der Waals surface area contributed by atoms with Crippen molar-refractivity contribution in [3.8, 4) is 5.75 Å². The van der Waals surface area contributed by atoms with Gasteiger partial charge in [-0.05, 0) is 48.5 Å². The van der Waals surface area contributed by atoms with Gasteiger partial charge in [0.05, 0.1) is 22.0 Å². The van der Waals surface area contributed by atoms with E-state index in [2.05, 4.69) is 15.5 Å². The van der Waals surface area contributed by atoms with Gasteiger partial charge in [-0.2, -0.15) is 18.6 Å². The van der Waals surface area contributed by atoms with E-state index >= 15 is 0 Å². The number of hydrogen-bond acceptors (Lipinski definition) is 9. The van der Waals surface area contributed by atoms with Gasteiger partial charge >= 0.3 is 5.97 Å². The summed E-state index contributed by atoms with van der Waals surface area (Å²) in [5.74, 6) is -1.71. The maximum Gasteiger partial charge on any atom is 0.339 e. The number of carboxylic acid groups (broad SMARTS) is 1. The van der Waals surface area contributed by atoms with Gasteiger partial charge in [0.15, 0.2) is 0 Å². The second-order valence-corrected chi connectivity index (χ2v) is 7.68. The van der Waals surface area contributed by atoms with Crippen LogP contribution in [0.4, 0.5) is 28.4 Å². The molecule has 0 bridgehead atoms.